The van der Waals surface area contributed by atoms with Crippen molar-refractivity contribution < 1.29 is 14.4 Å². The molecule has 0 aliphatic carbocycles. The Labute approximate surface area is 167 Å². The van der Waals surface area contributed by atoms with Gasteiger partial charge in [0, 0.05) is 16.5 Å². The van der Waals surface area contributed by atoms with E-state index in [9.17, 15) is 14.4 Å². The van der Waals surface area contributed by atoms with Crippen LogP contribution in [0.5, 0.6) is 0 Å². The number of benzene rings is 4. The monoisotopic (exact) mass is 399 g/mol. The van der Waals surface area contributed by atoms with Gasteiger partial charge in [-0.2, -0.15) is 0 Å². The van der Waals surface area contributed by atoms with E-state index in [-0.39, 0.29) is 5.30 Å². The molecule has 5 heteroatoms. The summed E-state index contributed by atoms with van der Waals surface area (Å²) in [4.78, 5) is 18.5. The molecule has 5 aromatic rings. The summed E-state index contributed by atoms with van der Waals surface area (Å²) < 4.78 is 13.6. The van der Waals surface area contributed by atoms with Gasteiger partial charge in [-0.15, -0.1) is 0 Å². The summed E-state index contributed by atoms with van der Waals surface area (Å²) in [5.74, 6) is 0. The van der Waals surface area contributed by atoms with Crippen LogP contribution < -0.4 is 5.30 Å². The van der Waals surface area contributed by atoms with E-state index in [1.807, 2.05) is 12.1 Å². The first kappa shape index (κ1) is 17.9. The van der Waals surface area contributed by atoms with Gasteiger partial charge in [0.15, 0.2) is 0 Å². The van der Waals surface area contributed by atoms with Gasteiger partial charge >= 0.3 is 7.60 Å². The lowest BCUT2D eigenvalue weighted by atomic mass is 10.1. The quantitative estimate of drug-likeness (QED) is 0.407. The van der Waals surface area contributed by atoms with E-state index in [0.29, 0.717) is 0 Å². The van der Waals surface area contributed by atoms with Gasteiger partial charge in [0.1, 0.15) is 0 Å². The molecular weight excluding hydrogens is 381 g/mol. The Bertz CT molecular complexity index is 1330. The van der Waals surface area contributed by atoms with Gasteiger partial charge in [-0.05, 0) is 47.5 Å². The summed E-state index contributed by atoms with van der Waals surface area (Å²) in [6.45, 7) is 0. The molecule has 0 bridgehead atoms. The summed E-state index contributed by atoms with van der Waals surface area (Å²) in [6.07, 6.45) is 0. The molecule has 0 aliphatic heterocycles. The van der Waals surface area contributed by atoms with E-state index in [1.165, 1.54) is 22.9 Å². The molecule has 0 aliphatic rings. The van der Waals surface area contributed by atoms with Crippen LogP contribution >= 0.6 is 7.60 Å². The highest BCUT2D eigenvalue weighted by Gasteiger charge is 2.16. The van der Waals surface area contributed by atoms with Gasteiger partial charge in [0.2, 0.25) is 0 Å². The number of para-hydroxylation sites is 2. The Balaban J connectivity index is 1.60. The zero-order chi connectivity index (χ0) is 20.0. The van der Waals surface area contributed by atoms with Crippen molar-refractivity contribution in [1.29, 1.82) is 0 Å². The fourth-order valence-corrected chi connectivity index (χ4v) is 4.39. The van der Waals surface area contributed by atoms with Crippen LogP contribution in [0.25, 0.3) is 38.6 Å². The normalized spacial score (nSPS) is 11.9. The van der Waals surface area contributed by atoms with Crippen LogP contribution in [0.15, 0.2) is 97.1 Å². The third-order valence-corrected chi connectivity index (χ3v) is 6.21. The third-order valence-electron chi connectivity index (χ3n) is 5.24. The molecule has 0 saturated heterocycles. The van der Waals surface area contributed by atoms with Gasteiger partial charge in [-0.1, -0.05) is 60.7 Å². The average molecular weight is 399 g/mol. The predicted molar refractivity (Wildman–Crippen MR) is 118 cm³/mol. The van der Waals surface area contributed by atoms with E-state index in [2.05, 4.69) is 65.2 Å². The van der Waals surface area contributed by atoms with E-state index in [4.69, 9.17) is 0 Å². The number of nitrogens with zero attached hydrogens (tertiary/aromatic N) is 1. The Kier molecular flexibility index (Phi) is 4.14. The predicted octanol–water partition coefficient (Wildman–Crippen LogP) is 5.25. The summed E-state index contributed by atoms with van der Waals surface area (Å²) in [6, 6.07) is 31.4. The molecule has 1 heterocycles. The zero-order valence-corrected chi connectivity index (χ0v) is 16.3. The van der Waals surface area contributed by atoms with E-state index < -0.39 is 7.60 Å². The maximum Gasteiger partial charge on any atom is 0.356 e. The Morgan fingerprint density at radius 2 is 1.03 bits per heavy atom. The summed E-state index contributed by atoms with van der Waals surface area (Å²) in [5.41, 5.74) is 5.29. The molecule has 0 spiro atoms. The molecule has 0 saturated carbocycles. The van der Waals surface area contributed by atoms with Crippen molar-refractivity contribution in [3.63, 3.8) is 0 Å². The second kappa shape index (κ2) is 6.71. The topological polar surface area (TPSA) is 62.5 Å². The molecule has 0 fully saturated rings. The van der Waals surface area contributed by atoms with E-state index >= 15 is 0 Å². The number of hydrogen-bond acceptors (Lipinski definition) is 1. The van der Waals surface area contributed by atoms with Crippen LogP contribution in [-0.4, -0.2) is 14.4 Å². The largest absolute Gasteiger partial charge is 0.356 e. The molecule has 5 rings (SSSR count). The molecule has 0 radical (unpaired) electrons. The van der Waals surface area contributed by atoms with Crippen molar-refractivity contribution in [2.45, 2.75) is 0 Å². The molecule has 2 N–H and O–H groups in total. The van der Waals surface area contributed by atoms with Crippen LogP contribution in [0.1, 0.15) is 0 Å². The van der Waals surface area contributed by atoms with Gasteiger partial charge in [0.05, 0.1) is 16.3 Å². The Hall–Kier alpha value is -3.17. The minimum atomic E-state index is -4.22. The van der Waals surface area contributed by atoms with Crippen LogP contribution in [0.2, 0.25) is 0 Å². The van der Waals surface area contributed by atoms with Crippen molar-refractivity contribution in [2.75, 3.05) is 0 Å². The van der Waals surface area contributed by atoms with Crippen LogP contribution in [-0.2, 0) is 4.57 Å². The fraction of sp³-hybridized carbons (Fsp3) is 0. The minimum Gasteiger partial charge on any atom is -0.321 e. The number of rotatable bonds is 3. The SMILES string of the molecule is O=P(O)(O)c1ccc(-c2ccc(-n3c4ccccc4c4ccccc43)cc2)cc1. The highest BCUT2D eigenvalue weighted by Crippen LogP contribution is 2.34. The Morgan fingerprint density at radius 1 is 0.586 bits per heavy atom. The van der Waals surface area contributed by atoms with Crippen LogP contribution in [0, 0.1) is 0 Å². The molecular formula is C24H18NO3P. The molecule has 4 nitrogen and oxygen atoms in total. The molecule has 29 heavy (non-hydrogen) atoms. The number of hydrogen-bond donors (Lipinski definition) is 2. The first-order chi connectivity index (χ1) is 14.0. The number of aromatic nitrogens is 1. The van der Waals surface area contributed by atoms with E-state index in [0.717, 1.165) is 27.8 Å². The average Bonchev–Trinajstić information content (AvgIpc) is 3.08. The zero-order valence-electron chi connectivity index (χ0n) is 15.4. The summed E-state index contributed by atoms with van der Waals surface area (Å²) in [5, 5.41) is 2.48. The molecule has 0 unspecified atom stereocenters. The minimum absolute atomic E-state index is 0.0307. The lowest BCUT2D eigenvalue weighted by molar-refractivity contribution is 0.387. The van der Waals surface area contributed by atoms with Gasteiger partial charge < -0.3 is 14.4 Å². The molecule has 0 atom stereocenters. The molecule has 142 valence electrons. The number of fused-ring (bicyclic) bond motifs is 3. The van der Waals surface area contributed by atoms with E-state index in [1.54, 1.807) is 12.1 Å². The lowest BCUT2D eigenvalue weighted by Gasteiger charge is -2.10. The Morgan fingerprint density at radius 3 is 1.52 bits per heavy atom. The highest BCUT2D eigenvalue weighted by molar-refractivity contribution is 7.60. The van der Waals surface area contributed by atoms with Crippen molar-refractivity contribution >= 4 is 34.7 Å². The maximum atomic E-state index is 11.4. The molecule has 1 aromatic heterocycles. The second-order valence-electron chi connectivity index (χ2n) is 7.01. The highest BCUT2D eigenvalue weighted by atomic mass is 31.2. The first-order valence-electron chi connectivity index (χ1n) is 9.27. The van der Waals surface area contributed by atoms with Crippen molar-refractivity contribution in [3.8, 4) is 16.8 Å². The maximum absolute atomic E-state index is 11.4. The third kappa shape index (κ3) is 3.08. The standard InChI is InChI=1S/C24H18NO3P/c26-29(27,28)20-15-11-18(12-16-20)17-9-13-19(14-10-17)25-23-7-3-1-5-21(23)22-6-2-4-8-24(22)25/h1-16H,(H2,26,27,28). The smallest absolute Gasteiger partial charge is 0.321 e. The van der Waals surface area contributed by atoms with Crippen molar-refractivity contribution in [2.24, 2.45) is 0 Å². The first-order valence-corrected chi connectivity index (χ1v) is 10.9. The molecule has 4 aromatic carbocycles. The van der Waals surface area contributed by atoms with Crippen molar-refractivity contribution in [1.82, 2.24) is 4.57 Å². The lowest BCUT2D eigenvalue weighted by Crippen LogP contribution is -2.02. The van der Waals surface area contributed by atoms with Crippen LogP contribution in [0.3, 0.4) is 0 Å². The van der Waals surface area contributed by atoms with Gasteiger partial charge in [-0.25, -0.2) is 0 Å². The van der Waals surface area contributed by atoms with Crippen molar-refractivity contribution in [3.05, 3.63) is 97.1 Å². The van der Waals surface area contributed by atoms with Gasteiger partial charge in [0.25, 0.3) is 0 Å². The van der Waals surface area contributed by atoms with Crippen LogP contribution in [0.4, 0.5) is 0 Å². The summed E-state index contributed by atoms with van der Waals surface area (Å²) >= 11 is 0. The second-order valence-corrected chi connectivity index (χ2v) is 8.61. The van der Waals surface area contributed by atoms with Gasteiger partial charge in [-0.3, -0.25) is 4.57 Å². The summed E-state index contributed by atoms with van der Waals surface area (Å²) in [7, 11) is -4.22. The fourth-order valence-electron chi connectivity index (χ4n) is 3.85. The molecule has 0 amide bonds.